The van der Waals surface area contributed by atoms with Crippen LogP contribution in [0.3, 0.4) is 0 Å². The van der Waals surface area contributed by atoms with Gasteiger partial charge < -0.3 is 33.5 Å². The zero-order valence-electron chi connectivity index (χ0n) is 36.7. The zero-order valence-corrected chi connectivity index (χ0v) is 37.5. The van der Waals surface area contributed by atoms with Crippen molar-refractivity contribution in [2.75, 3.05) is 33.3 Å². The summed E-state index contributed by atoms with van der Waals surface area (Å²) in [4.78, 5) is 44.4. The number of carbonyl (C=O) groups is 3. The summed E-state index contributed by atoms with van der Waals surface area (Å²) < 4.78 is 36.0. The van der Waals surface area contributed by atoms with E-state index >= 15 is 0 Å². The van der Waals surface area contributed by atoms with Crippen LogP contribution in [0.2, 0.25) is 0 Å². The lowest BCUT2D eigenvalue weighted by Crippen LogP contribution is -2.69. The summed E-state index contributed by atoms with van der Waals surface area (Å²) in [5.41, 5.74) is 4.28. The maximum absolute atomic E-state index is 13.9. The van der Waals surface area contributed by atoms with Gasteiger partial charge in [0.15, 0.2) is 23.0 Å². The lowest BCUT2D eigenvalue weighted by atomic mass is 9.71. The van der Waals surface area contributed by atoms with Gasteiger partial charge in [-0.2, -0.15) is 5.26 Å². The third-order valence-corrected chi connectivity index (χ3v) is 14.7. The molecule has 4 bridgehead atoms. The fourth-order valence-corrected chi connectivity index (χ4v) is 12.0. The number of piperazine rings is 1. The Labute approximate surface area is 364 Å². The van der Waals surface area contributed by atoms with Crippen molar-refractivity contribution in [3.63, 3.8) is 0 Å². The quantitative estimate of drug-likeness (QED) is 0.0916. The molecular formula is C47H63N3O10S. The zero-order chi connectivity index (χ0) is 43.4. The lowest BCUT2D eigenvalue weighted by Gasteiger charge is -2.61. The van der Waals surface area contributed by atoms with Crippen LogP contribution in [0.15, 0.2) is 6.07 Å². The van der Waals surface area contributed by atoms with E-state index < -0.39 is 53.4 Å². The van der Waals surface area contributed by atoms with Gasteiger partial charge in [-0.1, -0.05) is 90.0 Å². The molecule has 2 fully saturated rings. The Bertz CT molecular complexity index is 2000. The molecule has 0 aliphatic carbocycles. The predicted molar refractivity (Wildman–Crippen MR) is 230 cm³/mol. The highest BCUT2D eigenvalue weighted by molar-refractivity contribution is 7.99. The van der Waals surface area contributed by atoms with Crippen molar-refractivity contribution in [1.29, 1.82) is 5.26 Å². The van der Waals surface area contributed by atoms with Crippen LogP contribution in [-0.4, -0.2) is 90.4 Å². The SMILES string of the molecule is CCCCCCCCCCCCCCCC(=O)O[C@H]1CS[C@@H]2c3c(OC(C)=O)c(C)c4c(c3[C@@H](COC1=O)N1C2[C@H]2c3c(cc(C)c(OC)c3O)C[C@@H]([C@@H]1C#N)N2C)OCO4. The molecule has 6 heterocycles. The van der Waals surface area contributed by atoms with Crippen molar-refractivity contribution in [2.45, 2.75) is 166 Å². The van der Waals surface area contributed by atoms with Gasteiger partial charge in [-0.3, -0.25) is 19.4 Å². The summed E-state index contributed by atoms with van der Waals surface area (Å²) in [5, 5.41) is 22.5. The van der Waals surface area contributed by atoms with Crippen molar-refractivity contribution in [1.82, 2.24) is 9.80 Å². The number of phenolic OH excluding ortho intramolecular Hbond substituents is 1. The first-order valence-corrected chi connectivity index (χ1v) is 23.5. The van der Waals surface area contributed by atoms with E-state index in [0.29, 0.717) is 58.1 Å². The Hall–Kier alpha value is -4.19. The van der Waals surface area contributed by atoms with Gasteiger partial charge >= 0.3 is 17.9 Å². The molecule has 7 atom stereocenters. The number of carbonyl (C=O) groups excluding carboxylic acids is 3. The number of ether oxygens (including phenoxy) is 6. The van der Waals surface area contributed by atoms with E-state index in [2.05, 4.69) is 22.8 Å². The highest BCUT2D eigenvalue weighted by Gasteiger charge is 2.61. The number of esters is 3. The average molecular weight is 862 g/mol. The number of nitriles is 1. The van der Waals surface area contributed by atoms with E-state index in [0.717, 1.165) is 30.4 Å². The molecule has 2 aromatic rings. The molecule has 332 valence electrons. The number of hydrogen-bond acceptors (Lipinski definition) is 14. The normalized spacial score (nSPS) is 25.1. The fourth-order valence-electron chi connectivity index (χ4n) is 10.5. The summed E-state index contributed by atoms with van der Waals surface area (Å²) in [6, 6.07) is 1.89. The first-order valence-electron chi connectivity index (χ1n) is 22.4. The van der Waals surface area contributed by atoms with Crippen LogP contribution in [-0.2, 0) is 30.3 Å². The van der Waals surface area contributed by atoms with Crippen LogP contribution >= 0.6 is 11.8 Å². The maximum atomic E-state index is 13.9. The third-order valence-electron chi connectivity index (χ3n) is 13.4. The number of unbranched alkanes of at least 4 members (excludes halogenated alkanes) is 12. The number of methoxy groups -OCH3 is 1. The largest absolute Gasteiger partial charge is 0.504 e. The van der Waals surface area contributed by atoms with Gasteiger partial charge in [0, 0.05) is 53.4 Å². The van der Waals surface area contributed by atoms with E-state index in [4.69, 9.17) is 28.4 Å². The highest BCUT2D eigenvalue weighted by atomic mass is 32.2. The molecule has 13 nitrogen and oxygen atoms in total. The van der Waals surface area contributed by atoms with E-state index in [9.17, 15) is 24.8 Å². The molecule has 0 amide bonds. The number of aromatic hydroxyl groups is 1. The molecule has 6 aliphatic rings. The minimum absolute atomic E-state index is 0.0302. The molecule has 61 heavy (non-hydrogen) atoms. The third kappa shape index (κ3) is 8.89. The monoisotopic (exact) mass is 861 g/mol. The van der Waals surface area contributed by atoms with Crippen molar-refractivity contribution < 1.29 is 47.9 Å². The molecule has 8 rings (SSSR count). The lowest BCUT2D eigenvalue weighted by molar-refractivity contribution is -0.169. The number of likely N-dealkylation sites (N-methyl/N-ethyl adjacent to an activating group) is 1. The number of phenols is 1. The molecule has 0 radical (unpaired) electrons. The molecule has 1 N–H and O–H groups in total. The Balaban J connectivity index is 1.16. The smallest absolute Gasteiger partial charge is 0.348 e. The van der Waals surface area contributed by atoms with Gasteiger partial charge in [0.25, 0.3) is 0 Å². The van der Waals surface area contributed by atoms with Crippen molar-refractivity contribution >= 4 is 29.7 Å². The van der Waals surface area contributed by atoms with E-state index in [1.165, 1.54) is 83.6 Å². The van der Waals surface area contributed by atoms with Crippen LogP contribution in [0.4, 0.5) is 0 Å². The van der Waals surface area contributed by atoms with Crippen molar-refractivity contribution in [3.8, 4) is 34.8 Å². The number of nitrogens with zero attached hydrogens (tertiary/aromatic N) is 3. The molecule has 14 heteroatoms. The van der Waals surface area contributed by atoms with Crippen LogP contribution in [0, 0.1) is 25.2 Å². The maximum Gasteiger partial charge on any atom is 0.348 e. The number of rotatable bonds is 17. The van der Waals surface area contributed by atoms with Crippen molar-refractivity contribution in [3.05, 3.63) is 39.4 Å². The number of thioether (sulfide) groups is 1. The molecule has 0 saturated carbocycles. The van der Waals surface area contributed by atoms with E-state index in [-0.39, 0.29) is 37.4 Å². The Kier molecular flexibility index (Phi) is 14.6. The Morgan fingerprint density at radius 2 is 1.59 bits per heavy atom. The van der Waals surface area contributed by atoms with Gasteiger partial charge in [-0.25, -0.2) is 4.79 Å². The summed E-state index contributed by atoms with van der Waals surface area (Å²) in [6.45, 7) is 7.03. The van der Waals surface area contributed by atoms with Gasteiger partial charge in [-0.15, -0.1) is 11.8 Å². The Morgan fingerprint density at radius 3 is 2.23 bits per heavy atom. The Morgan fingerprint density at radius 1 is 0.934 bits per heavy atom. The van der Waals surface area contributed by atoms with Crippen LogP contribution in [0.5, 0.6) is 28.7 Å². The first-order chi connectivity index (χ1) is 29.5. The minimum Gasteiger partial charge on any atom is -0.504 e. The van der Waals surface area contributed by atoms with Gasteiger partial charge in [0.05, 0.1) is 30.5 Å². The molecule has 0 spiro atoms. The van der Waals surface area contributed by atoms with Gasteiger partial charge in [-0.05, 0) is 44.9 Å². The summed E-state index contributed by atoms with van der Waals surface area (Å²) in [6.07, 6.45) is 15.0. The van der Waals surface area contributed by atoms with E-state index in [1.54, 1.807) is 0 Å². The predicted octanol–water partition coefficient (Wildman–Crippen LogP) is 8.62. The highest BCUT2D eigenvalue weighted by Crippen LogP contribution is 2.64. The average Bonchev–Trinajstić information content (AvgIpc) is 3.72. The standard InChI is InChI=1S/C47H63N3O10S/c1-7-8-9-10-11-12-13-14-15-16-17-18-19-20-35(52)60-34-25-61-46-38-37(45-44(57-26-58-45)28(3)43(38)59-29(4)51)33(24-56-47(34)54)50-32(23-48)31-22-30-21-27(2)42(55-6)41(53)36(30)39(40(46)50)49(31)5/h21,31-34,39-40,46,53H,7-20,22,24-26H2,1-6H3/t31-,32-,33+,34-,39+,40?,46+/m0/s1. The summed E-state index contributed by atoms with van der Waals surface area (Å²) >= 11 is 1.38. The van der Waals surface area contributed by atoms with Crippen LogP contribution in [0.1, 0.15) is 154 Å². The van der Waals surface area contributed by atoms with Gasteiger partial charge in [0.1, 0.15) is 18.4 Å². The fraction of sp³-hybridized carbons (Fsp3) is 0.660. The number of aryl methyl sites for hydroxylation is 1. The molecule has 2 aromatic carbocycles. The van der Waals surface area contributed by atoms with Crippen molar-refractivity contribution in [2.24, 2.45) is 0 Å². The number of benzene rings is 2. The molecule has 0 aromatic heterocycles. The van der Waals surface area contributed by atoms with Gasteiger partial charge in [0.2, 0.25) is 12.9 Å². The molecular weight excluding hydrogens is 799 g/mol. The number of hydrogen-bond donors (Lipinski definition) is 1. The molecule has 1 unspecified atom stereocenters. The van der Waals surface area contributed by atoms with E-state index in [1.807, 2.05) is 27.0 Å². The second-order valence-electron chi connectivity index (χ2n) is 17.4. The first kappa shape index (κ1) is 44.9. The topological polar surface area (TPSA) is 157 Å². The second-order valence-corrected chi connectivity index (χ2v) is 18.5. The summed E-state index contributed by atoms with van der Waals surface area (Å²) in [5.74, 6) is 0.00270. The summed E-state index contributed by atoms with van der Waals surface area (Å²) in [7, 11) is 3.51. The molecule has 2 saturated heterocycles. The van der Waals surface area contributed by atoms with Crippen LogP contribution < -0.4 is 18.9 Å². The van der Waals surface area contributed by atoms with Crippen LogP contribution in [0.25, 0.3) is 0 Å². The minimum atomic E-state index is -1.20. The molecule has 6 aliphatic heterocycles. The number of fused-ring (bicyclic) bond motifs is 10. The second kappa shape index (κ2) is 19.9.